The van der Waals surface area contributed by atoms with Crippen LogP contribution in [0, 0.1) is 0 Å². The number of methoxy groups -OCH3 is 2. The fraction of sp³-hybridized carbons (Fsp3) is 0.474. The van der Waals surface area contributed by atoms with Gasteiger partial charge in [-0.25, -0.2) is 0 Å². The molecule has 134 valence electrons. The number of amides is 1. The first-order valence-electron chi connectivity index (χ1n) is 8.67. The molecule has 0 atom stereocenters. The second-order valence-electron chi connectivity index (χ2n) is 6.22. The molecule has 2 aromatic rings. The maximum atomic E-state index is 12.5. The average molecular weight is 344 g/mol. The third-order valence-corrected chi connectivity index (χ3v) is 4.52. The second kappa shape index (κ2) is 8.05. The van der Waals surface area contributed by atoms with Crippen molar-refractivity contribution >= 4 is 5.91 Å². The van der Waals surface area contributed by atoms with Crippen molar-refractivity contribution in [3.8, 4) is 22.8 Å². The molecular weight excluding hydrogens is 320 g/mol. The molecule has 1 fully saturated rings. The van der Waals surface area contributed by atoms with E-state index in [0.29, 0.717) is 23.0 Å². The lowest BCUT2D eigenvalue weighted by Crippen LogP contribution is -2.33. The maximum Gasteiger partial charge on any atom is 0.228 e. The molecule has 2 heterocycles. The van der Waals surface area contributed by atoms with E-state index in [1.54, 1.807) is 14.2 Å². The highest BCUT2D eigenvalue weighted by molar-refractivity contribution is 5.78. The molecule has 0 unspecified atom stereocenters. The van der Waals surface area contributed by atoms with Gasteiger partial charge < -0.3 is 18.9 Å². The summed E-state index contributed by atoms with van der Waals surface area (Å²) in [5.41, 5.74) is 1.48. The van der Waals surface area contributed by atoms with Crippen LogP contribution >= 0.6 is 0 Å². The highest BCUT2D eigenvalue weighted by Gasteiger charge is 2.18. The number of carbonyl (C=O) groups excluding carboxylic acids is 1. The lowest BCUT2D eigenvalue weighted by molar-refractivity contribution is -0.130. The van der Waals surface area contributed by atoms with Crippen molar-refractivity contribution in [1.29, 1.82) is 0 Å². The van der Waals surface area contributed by atoms with Gasteiger partial charge in [-0.2, -0.15) is 0 Å². The molecule has 0 bridgehead atoms. The predicted molar refractivity (Wildman–Crippen MR) is 93.8 cm³/mol. The van der Waals surface area contributed by atoms with Crippen molar-refractivity contribution in [3.63, 3.8) is 0 Å². The van der Waals surface area contributed by atoms with Gasteiger partial charge in [-0.1, -0.05) is 18.0 Å². The molecular formula is C19H24N2O4. The zero-order chi connectivity index (χ0) is 17.6. The highest BCUT2D eigenvalue weighted by Crippen LogP contribution is 2.32. The SMILES string of the molecule is COc1ccc(-c2cc(CC(=O)N3CCCCCC3)no2)cc1OC. The van der Waals surface area contributed by atoms with E-state index in [1.807, 2.05) is 29.2 Å². The monoisotopic (exact) mass is 344 g/mol. The maximum absolute atomic E-state index is 12.5. The van der Waals surface area contributed by atoms with Gasteiger partial charge in [-0.15, -0.1) is 0 Å². The predicted octanol–water partition coefficient (Wildman–Crippen LogP) is 3.30. The van der Waals surface area contributed by atoms with Crippen molar-refractivity contribution in [2.75, 3.05) is 27.3 Å². The van der Waals surface area contributed by atoms with Crippen LogP contribution in [0.4, 0.5) is 0 Å². The lowest BCUT2D eigenvalue weighted by Gasteiger charge is -2.19. The molecule has 0 N–H and O–H groups in total. The molecule has 3 rings (SSSR count). The molecule has 0 spiro atoms. The number of hydrogen-bond donors (Lipinski definition) is 0. The molecule has 1 aromatic heterocycles. The first kappa shape index (κ1) is 17.3. The summed E-state index contributed by atoms with van der Waals surface area (Å²) in [6.07, 6.45) is 4.86. The van der Waals surface area contributed by atoms with Crippen LogP contribution in [0.2, 0.25) is 0 Å². The van der Waals surface area contributed by atoms with Crippen molar-refractivity contribution < 1.29 is 18.8 Å². The largest absolute Gasteiger partial charge is 0.493 e. The lowest BCUT2D eigenvalue weighted by atomic mass is 10.1. The van der Waals surface area contributed by atoms with Gasteiger partial charge in [0.15, 0.2) is 17.3 Å². The number of benzene rings is 1. The molecule has 0 saturated carbocycles. The molecule has 1 aliphatic heterocycles. The van der Waals surface area contributed by atoms with Crippen LogP contribution in [0.15, 0.2) is 28.8 Å². The molecule has 0 radical (unpaired) electrons. The Balaban J connectivity index is 1.70. The average Bonchev–Trinajstić information content (AvgIpc) is 2.93. The summed E-state index contributed by atoms with van der Waals surface area (Å²) in [5.74, 6) is 2.01. The Morgan fingerprint density at radius 3 is 2.48 bits per heavy atom. The molecule has 1 saturated heterocycles. The number of nitrogens with zero attached hydrogens (tertiary/aromatic N) is 2. The van der Waals surface area contributed by atoms with Crippen LogP contribution in [0.3, 0.4) is 0 Å². The molecule has 6 heteroatoms. The minimum absolute atomic E-state index is 0.120. The quantitative estimate of drug-likeness (QED) is 0.833. The number of ether oxygens (including phenoxy) is 2. The van der Waals surface area contributed by atoms with Gasteiger partial charge in [-0.05, 0) is 31.0 Å². The van der Waals surface area contributed by atoms with Crippen LogP contribution in [0.5, 0.6) is 11.5 Å². The topological polar surface area (TPSA) is 64.8 Å². The second-order valence-corrected chi connectivity index (χ2v) is 6.22. The molecule has 1 amide bonds. The Morgan fingerprint density at radius 2 is 1.80 bits per heavy atom. The summed E-state index contributed by atoms with van der Waals surface area (Å²) in [7, 11) is 3.19. The third kappa shape index (κ3) is 4.13. The number of likely N-dealkylation sites (tertiary alicyclic amines) is 1. The molecule has 1 aliphatic rings. The Morgan fingerprint density at radius 1 is 1.08 bits per heavy atom. The van der Waals surface area contributed by atoms with Crippen LogP contribution in [0.25, 0.3) is 11.3 Å². The fourth-order valence-electron chi connectivity index (χ4n) is 3.11. The van der Waals surface area contributed by atoms with Gasteiger partial charge in [0, 0.05) is 24.7 Å². The van der Waals surface area contributed by atoms with E-state index in [2.05, 4.69) is 5.16 Å². The normalized spacial score (nSPS) is 14.9. The molecule has 1 aromatic carbocycles. The van der Waals surface area contributed by atoms with Crippen LogP contribution < -0.4 is 9.47 Å². The minimum Gasteiger partial charge on any atom is -0.493 e. The van der Waals surface area contributed by atoms with E-state index >= 15 is 0 Å². The number of hydrogen-bond acceptors (Lipinski definition) is 5. The Labute approximate surface area is 147 Å². The zero-order valence-corrected chi connectivity index (χ0v) is 14.8. The number of carbonyl (C=O) groups is 1. The van der Waals surface area contributed by atoms with Gasteiger partial charge in [0.1, 0.15) is 0 Å². The summed E-state index contributed by atoms with van der Waals surface area (Å²) in [6.45, 7) is 1.69. The van der Waals surface area contributed by atoms with Crippen molar-refractivity contribution in [2.24, 2.45) is 0 Å². The molecule has 25 heavy (non-hydrogen) atoms. The van der Waals surface area contributed by atoms with E-state index in [9.17, 15) is 4.79 Å². The summed E-state index contributed by atoms with van der Waals surface area (Å²) < 4.78 is 16.0. The third-order valence-electron chi connectivity index (χ3n) is 4.52. The van der Waals surface area contributed by atoms with Gasteiger partial charge in [0.05, 0.1) is 26.3 Å². The molecule has 0 aliphatic carbocycles. The Kier molecular flexibility index (Phi) is 5.58. The van der Waals surface area contributed by atoms with Crippen molar-refractivity contribution in [3.05, 3.63) is 30.0 Å². The van der Waals surface area contributed by atoms with E-state index in [-0.39, 0.29) is 12.3 Å². The van der Waals surface area contributed by atoms with Crippen LogP contribution in [-0.2, 0) is 11.2 Å². The summed E-state index contributed by atoms with van der Waals surface area (Å²) in [4.78, 5) is 14.4. The van der Waals surface area contributed by atoms with E-state index < -0.39 is 0 Å². The first-order chi connectivity index (χ1) is 12.2. The summed E-state index contributed by atoms with van der Waals surface area (Å²) in [6, 6.07) is 7.34. The van der Waals surface area contributed by atoms with Gasteiger partial charge in [-0.3, -0.25) is 4.79 Å². The van der Waals surface area contributed by atoms with E-state index in [0.717, 1.165) is 31.5 Å². The highest BCUT2D eigenvalue weighted by atomic mass is 16.5. The van der Waals surface area contributed by atoms with Gasteiger partial charge in [0.25, 0.3) is 0 Å². The van der Waals surface area contributed by atoms with Crippen molar-refractivity contribution in [2.45, 2.75) is 32.1 Å². The standard InChI is InChI=1S/C19H24N2O4/c1-23-16-8-7-14(11-18(16)24-2)17-12-15(20-25-17)13-19(22)21-9-5-3-4-6-10-21/h7-8,11-12H,3-6,9-10,13H2,1-2H3. The Hall–Kier alpha value is -2.50. The van der Waals surface area contributed by atoms with Gasteiger partial charge >= 0.3 is 0 Å². The molecule has 6 nitrogen and oxygen atoms in total. The first-order valence-corrected chi connectivity index (χ1v) is 8.67. The van der Waals surface area contributed by atoms with Crippen LogP contribution in [0.1, 0.15) is 31.4 Å². The van der Waals surface area contributed by atoms with Crippen molar-refractivity contribution in [1.82, 2.24) is 10.1 Å². The fourth-order valence-corrected chi connectivity index (χ4v) is 3.11. The van der Waals surface area contributed by atoms with Crippen LogP contribution in [-0.4, -0.2) is 43.3 Å². The van der Waals surface area contributed by atoms with Gasteiger partial charge in [0.2, 0.25) is 5.91 Å². The number of aromatic nitrogens is 1. The smallest absolute Gasteiger partial charge is 0.228 e. The summed E-state index contributed by atoms with van der Waals surface area (Å²) >= 11 is 0. The Bertz CT molecular complexity index is 718. The zero-order valence-electron chi connectivity index (χ0n) is 14.8. The number of rotatable bonds is 5. The minimum atomic E-state index is 0.120. The van der Waals surface area contributed by atoms with E-state index in [1.165, 1.54) is 12.8 Å². The summed E-state index contributed by atoms with van der Waals surface area (Å²) in [5, 5.41) is 4.05. The van der Waals surface area contributed by atoms with E-state index in [4.69, 9.17) is 14.0 Å².